The summed E-state index contributed by atoms with van der Waals surface area (Å²) >= 11 is 5.95. The lowest BCUT2D eigenvalue weighted by atomic mass is 9.89. The smallest absolute Gasteiger partial charge is 0.123 e. The molecule has 0 spiro atoms. The lowest BCUT2D eigenvalue weighted by Gasteiger charge is -2.22. The predicted molar refractivity (Wildman–Crippen MR) is 74.6 cm³/mol. The molecule has 2 unspecified atom stereocenters. The van der Waals surface area contributed by atoms with E-state index in [1.165, 1.54) is 12.1 Å². The third kappa shape index (κ3) is 3.32. The van der Waals surface area contributed by atoms with Crippen LogP contribution in [0.3, 0.4) is 0 Å². The van der Waals surface area contributed by atoms with Gasteiger partial charge in [0.15, 0.2) is 0 Å². The lowest BCUT2D eigenvalue weighted by molar-refractivity contribution is 0.147. The molecule has 2 aromatic rings. The number of aliphatic hydroxyl groups excluding tert-OH is 1. The average Bonchev–Trinajstić information content (AvgIpc) is 2.40. The molecule has 0 amide bonds. The van der Waals surface area contributed by atoms with Gasteiger partial charge >= 0.3 is 0 Å². The van der Waals surface area contributed by atoms with Crippen LogP contribution in [-0.4, -0.2) is 11.7 Å². The van der Waals surface area contributed by atoms with Crippen molar-refractivity contribution in [3.63, 3.8) is 0 Å². The Balaban J connectivity index is 2.28. The van der Waals surface area contributed by atoms with Gasteiger partial charge in [-0.25, -0.2) is 4.39 Å². The molecule has 4 heteroatoms. The van der Waals surface area contributed by atoms with E-state index in [0.29, 0.717) is 10.6 Å². The van der Waals surface area contributed by atoms with Crippen LogP contribution in [0.5, 0.6) is 0 Å². The van der Waals surface area contributed by atoms with Gasteiger partial charge in [-0.05, 0) is 35.4 Å². The van der Waals surface area contributed by atoms with Crippen LogP contribution in [0.1, 0.15) is 23.1 Å². The molecule has 0 bridgehead atoms. The molecule has 3 N–H and O–H groups in total. The number of aliphatic hydroxyl groups is 1. The Morgan fingerprint density at radius 1 is 1.11 bits per heavy atom. The molecule has 2 rings (SSSR count). The first kappa shape index (κ1) is 14.0. The summed E-state index contributed by atoms with van der Waals surface area (Å²) in [5, 5.41) is 11.0. The maximum absolute atomic E-state index is 12.9. The summed E-state index contributed by atoms with van der Waals surface area (Å²) in [6, 6.07) is 13.0. The quantitative estimate of drug-likeness (QED) is 0.902. The summed E-state index contributed by atoms with van der Waals surface area (Å²) in [4.78, 5) is 0. The maximum Gasteiger partial charge on any atom is 0.123 e. The van der Waals surface area contributed by atoms with E-state index in [4.69, 9.17) is 17.3 Å². The van der Waals surface area contributed by atoms with E-state index >= 15 is 0 Å². The minimum atomic E-state index is -0.788. The molecule has 0 saturated carbocycles. The van der Waals surface area contributed by atoms with Gasteiger partial charge < -0.3 is 10.8 Å². The number of benzene rings is 2. The van der Waals surface area contributed by atoms with Crippen LogP contribution < -0.4 is 5.73 Å². The van der Waals surface area contributed by atoms with Crippen LogP contribution >= 0.6 is 11.6 Å². The fraction of sp³-hybridized carbons (Fsp3) is 0.200. The highest BCUT2D eigenvalue weighted by Gasteiger charge is 2.21. The summed E-state index contributed by atoms with van der Waals surface area (Å²) in [5.74, 6) is -0.604. The van der Waals surface area contributed by atoms with E-state index in [1.807, 2.05) is 12.1 Å². The summed E-state index contributed by atoms with van der Waals surface area (Å²) < 4.78 is 12.9. The number of rotatable bonds is 4. The molecule has 0 radical (unpaired) electrons. The van der Waals surface area contributed by atoms with Gasteiger partial charge in [0.2, 0.25) is 0 Å². The summed E-state index contributed by atoms with van der Waals surface area (Å²) in [7, 11) is 0. The SMILES string of the molecule is NCC(c1cccc(Cl)c1)C(O)c1ccc(F)cc1. The van der Waals surface area contributed by atoms with Crippen LogP contribution in [0.25, 0.3) is 0 Å². The van der Waals surface area contributed by atoms with Crippen molar-refractivity contribution in [2.45, 2.75) is 12.0 Å². The first-order valence-corrected chi connectivity index (χ1v) is 6.38. The third-order valence-electron chi connectivity index (χ3n) is 3.12. The molecule has 0 aliphatic carbocycles. The van der Waals surface area contributed by atoms with Crippen molar-refractivity contribution in [2.75, 3.05) is 6.54 Å². The van der Waals surface area contributed by atoms with E-state index in [0.717, 1.165) is 5.56 Å². The first-order valence-electron chi connectivity index (χ1n) is 6.01. The van der Waals surface area contributed by atoms with Crippen molar-refractivity contribution in [1.82, 2.24) is 0 Å². The van der Waals surface area contributed by atoms with Gasteiger partial charge in [-0.2, -0.15) is 0 Å². The zero-order valence-corrected chi connectivity index (χ0v) is 11.0. The van der Waals surface area contributed by atoms with E-state index in [1.54, 1.807) is 24.3 Å². The highest BCUT2D eigenvalue weighted by atomic mass is 35.5. The zero-order valence-electron chi connectivity index (χ0n) is 10.3. The molecule has 0 aliphatic rings. The van der Waals surface area contributed by atoms with E-state index in [9.17, 15) is 9.50 Å². The summed E-state index contributed by atoms with van der Waals surface area (Å²) in [6.07, 6.45) is -0.788. The maximum atomic E-state index is 12.9. The highest BCUT2D eigenvalue weighted by Crippen LogP contribution is 2.31. The molecule has 2 nitrogen and oxygen atoms in total. The van der Waals surface area contributed by atoms with Crippen LogP contribution in [0.2, 0.25) is 5.02 Å². The Bertz CT molecular complexity index is 544. The van der Waals surface area contributed by atoms with Crippen LogP contribution in [0.15, 0.2) is 48.5 Å². The Hall–Kier alpha value is -1.42. The Morgan fingerprint density at radius 2 is 1.79 bits per heavy atom. The second-order valence-electron chi connectivity index (χ2n) is 4.39. The topological polar surface area (TPSA) is 46.2 Å². The lowest BCUT2D eigenvalue weighted by Crippen LogP contribution is -2.20. The Morgan fingerprint density at radius 3 is 2.37 bits per heavy atom. The van der Waals surface area contributed by atoms with Crippen molar-refractivity contribution in [1.29, 1.82) is 0 Å². The van der Waals surface area contributed by atoms with Crippen LogP contribution in [0.4, 0.5) is 4.39 Å². The molecular formula is C15H15ClFNO. The molecule has 100 valence electrons. The Labute approximate surface area is 116 Å². The third-order valence-corrected chi connectivity index (χ3v) is 3.36. The molecule has 0 saturated heterocycles. The largest absolute Gasteiger partial charge is 0.388 e. The van der Waals surface area contributed by atoms with Gasteiger partial charge in [-0.1, -0.05) is 35.9 Å². The second kappa shape index (κ2) is 6.15. The molecule has 0 heterocycles. The normalized spacial score (nSPS) is 14.1. The summed E-state index contributed by atoms with van der Waals surface area (Å²) in [5.41, 5.74) is 7.25. The average molecular weight is 280 g/mol. The highest BCUT2D eigenvalue weighted by molar-refractivity contribution is 6.30. The van der Waals surface area contributed by atoms with Crippen molar-refractivity contribution in [2.24, 2.45) is 5.73 Å². The van der Waals surface area contributed by atoms with Crippen LogP contribution in [0, 0.1) is 5.82 Å². The number of nitrogens with two attached hydrogens (primary N) is 1. The fourth-order valence-electron chi connectivity index (χ4n) is 2.08. The van der Waals surface area contributed by atoms with Crippen molar-refractivity contribution in [3.05, 3.63) is 70.5 Å². The molecular weight excluding hydrogens is 265 g/mol. The molecule has 0 aromatic heterocycles. The number of halogens is 2. The van der Waals surface area contributed by atoms with Gasteiger partial charge in [0.1, 0.15) is 5.82 Å². The summed E-state index contributed by atoms with van der Waals surface area (Å²) in [6.45, 7) is 0.277. The number of hydrogen-bond acceptors (Lipinski definition) is 2. The molecule has 19 heavy (non-hydrogen) atoms. The zero-order chi connectivity index (χ0) is 13.8. The second-order valence-corrected chi connectivity index (χ2v) is 4.83. The fourth-order valence-corrected chi connectivity index (χ4v) is 2.28. The molecule has 0 fully saturated rings. The minimum Gasteiger partial charge on any atom is -0.388 e. The minimum absolute atomic E-state index is 0.274. The van der Waals surface area contributed by atoms with Crippen LogP contribution in [-0.2, 0) is 0 Å². The van der Waals surface area contributed by atoms with Gasteiger partial charge in [-0.15, -0.1) is 0 Å². The van der Waals surface area contributed by atoms with E-state index in [2.05, 4.69) is 0 Å². The van der Waals surface area contributed by atoms with Crippen molar-refractivity contribution in [3.8, 4) is 0 Å². The van der Waals surface area contributed by atoms with Gasteiger partial charge in [0, 0.05) is 17.5 Å². The molecule has 2 atom stereocenters. The monoisotopic (exact) mass is 279 g/mol. The van der Waals surface area contributed by atoms with Crippen molar-refractivity contribution < 1.29 is 9.50 Å². The Kier molecular flexibility index (Phi) is 4.53. The first-order chi connectivity index (χ1) is 9.11. The van der Waals surface area contributed by atoms with Gasteiger partial charge in [0.25, 0.3) is 0 Å². The van der Waals surface area contributed by atoms with Crippen molar-refractivity contribution >= 4 is 11.6 Å². The molecule has 0 aliphatic heterocycles. The van der Waals surface area contributed by atoms with E-state index in [-0.39, 0.29) is 18.3 Å². The van der Waals surface area contributed by atoms with Gasteiger partial charge in [-0.3, -0.25) is 0 Å². The number of hydrogen-bond donors (Lipinski definition) is 2. The standard InChI is InChI=1S/C15H15ClFNO/c16-12-3-1-2-11(8-12)14(9-18)15(19)10-4-6-13(17)7-5-10/h1-8,14-15,19H,9,18H2. The van der Waals surface area contributed by atoms with E-state index < -0.39 is 6.10 Å². The van der Waals surface area contributed by atoms with Gasteiger partial charge in [0.05, 0.1) is 6.10 Å². The predicted octanol–water partition coefficient (Wildman–Crippen LogP) is 3.26. The molecule has 2 aromatic carbocycles.